The Labute approximate surface area is 538 Å². The summed E-state index contributed by atoms with van der Waals surface area (Å²) < 4.78 is 89.5. The van der Waals surface area contributed by atoms with E-state index < -0.39 is 303 Å². The SMILES string of the molecule is CC(=O)N[C@H]1[C@H](O[C@H]2[C@H](O[C@@H]3O[C@@H](C)[C@@H](O)[C@@H](O)[C@@H]3O)[C@@H](NC(C)=O)C(O)O[C@@H]2CO)O[C@H](CO)[C@@H](O[C@@H]2O[C@H](CO[C@H]3O[C@H](CO)[C@@H](O)[C@H](O)[C@@H]3O[C@@H]3O[C@H](CO)[C@@H](O)[C@H](O)[C@H]3NC(C)=O)[C@@H](O)[C@H](O[C@H]3O[C@H](CO)[C@@H](O)[C@H](O)[C@@H]3O)[C@@H]2O[C@@H]2OC[C@@H](O)[C@H](O)[C@H]2O)[C@@H]1O. The van der Waals surface area contributed by atoms with Crippen LogP contribution in [0.5, 0.6) is 0 Å². The lowest BCUT2D eigenvalue weighted by atomic mass is 9.93. The van der Waals surface area contributed by atoms with Gasteiger partial charge in [-0.2, -0.15) is 0 Å². The quantitative estimate of drug-likeness (QED) is 0.0452. The summed E-state index contributed by atoms with van der Waals surface area (Å²) in [6, 6.07) is -5.38. The summed E-state index contributed by atoms with van der Waals surface area (Å²) in [4.78, 5) is 38.2. The maximum atomic E-state index is 13.2. The van der Waals surface area contributed by atoms with Crippen LogP contribution < -0.4 is 16.0 Å². The summed E-state index contributed by atoms with van der Waals surface area (Å²) in [7, 11) is 0. The number of rotatable bonds is 23. The standard InChI is InChI=1S/C53H89N3O39/c1-12-26(66)34(74)38(78)50(83-12)92-42-25(56-15(4)64)46(80)84-21(9-61)41(42)91-48-24(55-14(3)63)33(73)40(20(8-60)88-48)90-53-45(95-49-37(77)27(67)16(65)10-81-49)43(93-51-39(79)35(75)29(69)18(6-58)86-51)31(71)22(89-53)11-82-52-44(36(76)30(70)19(7-59)87-52)94-47-23(54-13(2)62)32(72)28(68)17(5-57)85-47/h12,16-53,57-61,65-80H,5-11H2,1-4H3,(H,54,62)(H,55,63)(H,56,64)/t12-,16+,17+,18+,19+,20+,21+,22+,23+,24+,25+,26+,27-,28+,29+,30+,31+,32+,33+,34+,35-,36-,37+,38-,39-,40+,41+,42+,43-,44-,45-,46?,47-,48-,49-,50-,51+,52-,53-/m0/s1. The first-order valence-corrected chi connectivity index (χ1v) is 30.4. The summed E-state index contributed by atoms with van der Waals surface area (Å²) >= 11 is 0. The Bertz CT molecular complexity index is 2440. The number of aliphatic hydroxyl groups excluding tert-OH is 21. The van der Waals surface area contributed by atoms with Gasteiger partial charge in [0.25, 0.3) is 0 Å². The average Bonchev–Trinajstić information content (AvgIpc) is 0.770. The topological polar surface area (TPSA) is 651 Å². The van der Waals surface area contributed by atoms with Crippen LogP contribution in [0.3, 0.4) is 0 Å². The van der Waals surface area contributed by atoms with E-state index >= 15 is 0 Å². The molecular weight excluding hydrogens is 1300 g/mol. The molecule has 42 nitrogen and oxygen atoms in total. The molecule has 8 aliphatic heterocycles. The van der Waals surface area contributed by atoms with Gasteiger partial charge in [-0.15, -0.1) is 0 Å². The molecule has 550 valence electrons. The second-order valence-corrected chi connectivity index (χ2v) is 24.2. The van der Waals surface area contributed by atoms with Crippen LogP contribution in [0.2, 0.25) is 0 Å². The van der Waals surface area contributed by atoms with Crippen LogP contribution in [-0.4, -0.2) is 411 Å². The van der Waals surface area contributed by atoms with Crippen molar-refractivity contribution in [3.63, 3.8) is 0 Å². The molecule has 8 heterocycles. The van der Waals surface area contributed by atoms with E-state index in [-0.39, 0.29) is 0 Å². The van der Waals surface area contributed by atoms with Gasteiger partial charge in [-0.25, -0.2) is 0 Å². The number of nitrogens with one attached hydrogen (secondary N) is 3. The van der Waals surface area contributed by atoms with Crippen molar-refractivity contribution < 1.29 is 193 Å². The Hall–Kier alpha value is -3.03. The minimum absolute atomic E-state index is 0.767. The number of carbonyl (C=O) groups is 3. The first-order valence-electron chi connectivity index (χ1n) is 30.4. The first-order chi connectivity index (χ1) is 44.9. The van der Waals surface area contributed by atoms with Gasteiger partial charge in [0.2, 0.25) is 17.7 Å². The van der Waals surface area contributed by atoms with Crippen molar-refractivity contribution in [2.75, 3.05) is 46.2 Å². The van der Waals surface area contributed by atoms with Crippen molar-refractivity contribution in [1.29, 1.82) is 0 Å². The molecule has 8 rings (SSSR count). The van der Waals surface area contributed by atoms with E-state index in [1.165, 1.54) is 6.92 Å². The molecule has 0 radical (unpaired) electrons. The van der Waals surface area contributed by atoms with Gasteiger partial charge in [0.1, 0.15) is 183 Å². The number of aliphatic hydroxyl groups is 21. The average molecular weight is 1390 g/mol. The summed E-state index contributed by atoms with van der Waals surface area (Å²) in [5.41, 5.74) is 0. The van der Waals surface area contributed by atoms with Crippen LogP contribution in [0.15, 0.2) is 0 Å². The number of amides is 3. The molecule has 0 aliphatic carbocycles. The predicted octanol–water partition coefficient (Wildman–Crippen LogP) is -16.4. The van der Waals surface area contributed by atoms with E-state index in [0.29, 0.717) is 0 Å². The van der Waals surface area contributed by atoms with E-state index in [9.17, 15) is 122 Å². The van der Waals surface area contributed by atoms with Crippen molar-refractivity contribution >= 4 is 17.7 Å². The molecule has 0 aromatic heterocycles. The Morgan fingerprint density at radius 1 is 0.337 bits per heavy atom. The highest BCUT2D eigenvalue weighted by molar-refractivity contribution is 5.74. The van der Waals surface area contributed by atoms with Crippen LogP contribution in [-0.2, 0) is 85.4 Å². The van der Waals surface area contributed by atoms with Crippen molar-refractivity contribution in [2.45, 2.75) is 267 Å². The van der Waals surface area contributed by atoms with Gasteiger partial charge in [0.15, 0.2) is 50.3 Å². The molecule has 8 fully saturated rings. The molecule has 39 atom stereocenters. The Balaban J connectivity index is 1.17. The molecular formula is C53H89N3O39. The summed E-state index contributed by atoms with van der Waals surface area (Å²) in [6.45, 7) is -2.89. The normalized spacial score (nSPS) is 49.9. The van der Waals surface area contributed by atoms with E-state index in [2.05, 4.69) is 16.0 Å². The van der Waals surface area contributed by atoms with Gasteiger partial charge in [-0.3, -0.25) is 14.4 Å². The molecule has 0 spiro atoms. The Kier molecular flexibility index (Phi) is 27.5. The van der Waals surface area contributed by atoms with E-state index in [1.54, 1.807) is 0 Å². The summed E-state index contributed by atoms with van der Waals surface area (Å²) in [5.74, 6) is -2.59. The largest absolute Gasteiger partial charge is 0.394 e. The fourth-order valence-electron chi connectivity index (χ4n) is 12.2. The molecule has 24 N–H and O–H groups in total. The number of carbonyl (C=O) groups excluding carboxylic acids is 3. The molecule has 1 unspecified atom stereocenters. The second kappa shape index (κ2) is 33.6. The lowest BCUT2D eigenvalue weighted by molar-refractivity contribution is -0.406. The van der Waals surface area contributed by atoms with Crippen LogP contribution in [0.4, 0.5) is 0 Å². The highest BCUT2D eigenvalue weighted by atomic mass is 16.8. The maximum absolute atomic E-state index is 13.2. The third-order valence-electron chi connectivity index (χ3n) is 17.4. The fourth-order valence-corrected chi connectivity index (χ4v) is 12.2. The zero-order valence-corrected chi connectivity index (χ0v) is 51.2. The van der Waals surface area contributed by atoms with Crippen LogP contribution in [0, 0.1) is 0 Å². The smallest absolute Gasteiger partial charge is 0.217 e. The summed E-state index contributed by atoms with van der Waals surface area (Å²) in [5, 5.41) is 238. The van der Waals surface area contributed by atoms with Crippen LogP contribution in [0.25, 0.3) is 0 Å². The van der Waals surface area contributed by atoms with E-state index in [1.807, 2.05) is 0 Å². The zero-order chi connectivity index (χ0) is 69.9. The molecule has 3 amide bonds. The highest BCUT2D eigenvalue weighted by Gasteiger charge is 2.60. The first kappa shape index (κ1) is 77.7. The van der Waals surface area contributed by atoms with E-state index in [4.69, 9.17) is 71.1 Å². The number of ether oxygens (including phenoxy) is 15. The Morgan fingerprint density at radius 3 is 1.32 bits per heavy atom. The third kappa shape index (κ3) is 17.1. The number of hydrogen-bond donors (Lipinski definition) is 24. The van der Waals surface area contributed by atoms with E-state index in [0.717, 1.165) is 20.8 Å². The van der Waals surface area contributed by atoms with Gasteiger partial charge < -0.3 is 194 Å². The second-order valence-electron chi connectivity index (χ2n) is 24.2. The maximum Gasteiger partial charge on any atom is 0.217 e. The molecule has 95 heavy (non-hydrogen) atoms. The van der Waals surface area contributed by atoms with Gasteiger partial charge in [0, 0.05) is 20.8 Å². The molecule has 0 aromatic rings. The minimum Gasteiger partial charge on any atom is -0.394 e. The van der Waals surface area contributed by atoms with Crippen molar-refractivity contribution in [1.82, 2.24) is 16.0 Å². The van der Waals surface area contributed by atoms with Crippen LogP contribution in [0.1, 0.15) is 27.7 Å². The van der Waals surface area contributed by atoms with Gasteiger partial charge in [-0.1, -0.05) is 0 Å². The van der Waals surface area contributed by atoms with Gasteiger partial charge in [0.05, 0.1) is 52.4 Å². The third-order valence-corrected chi connectivity index (χ3v) is 17.4. The molecule has 0 aromatic carbocycles. The van der Waals surface area contributed by atoms with Crippen molar-refractivity contribution in [3.8, 4) is 0 Å². The monoisotopic (exact) mass is 1390 g/mol. The van der Waals surface area contributed by atoms with Crippen LogP contribution >= 0.6 is 0 Å². The lowest BCUT2D eigenvalue weighted by Gasteiger charge is -2.52. The van der Waals surface area contributed by atoms with Gasteiger partial charge >= 0.3 is 0 Å². The predicted molar refractivity (Wildman–Crippen MR) is 292 cm³/mol. The lowest BCUT2D eigenvalue weighted by Crippen LogP contribution is -2.71. The summed E-state index contributed by atoms with van der Waals surface area (Å²) in [6.07, 6.45) is -72.1. The van der Waals surface area contributed by atoms with Gasteiger partial charge in [-0.05, 0) is 6.92 Å². The molecule has 8 aliphatic rings. The van der Waals surface area contributed by atoms with Crippen molar-refractivity contribution in [3.05, 3.63) is 0 Å². The molecule has 0 saturated carbocycles. The molecule has 42 heteroatoms. The molecule has 0 bridgehead atoms. The Morgan fingerprint density at radius 2 is 0.747 bits per heavy atom. The minimum atomic E-state index is -2.38. The fraction of sp³-hybridized carbons (Fsp3) is 0.943. The number of hydrogen-bond acceptors (Lipinski definition) is 39. The zero-order valence-electron chi connectivity index (χ0n) is 51.2. The molecule has 8 saturated heterocycles. The highest BCUT2D eigenvalue weighted by Crippen LogP contribution is 2.39. The van der Waals surface area contributed by atoms with Crippen molar-refractivity contribution in [2.24, 2.45) is 0 Å².